The topological polar surface area (TPSA) is 85.2 Å². The number of carbonyl (C=O) groups is 1. The van der Waals surface area contributed by atoms with Gasteiger partial charge in [-0.15, -0.1) is 0 Å². The van der Waals surface area contributed by atoms with Crippen LogP contribution in [0.4, 0.5) is 8.78 Å². The fraction of sp³-hybridized carbons (Fsp3) is 0.471. The summed E-state index contributed by atoms with van der Waals surface area (Å²) in [5.74, 6) is -1.10. The maximum absolute atomic E-state index is 13.7. The van der Waals surface area contributed by atoms with Gasteiger partial charge < -0.3 is 10.3 Å². The van der Waals surface area contributed by atoms with Gasteiger partial charge in [0.25, 0.3) is 11.7 Å². The van der Waals surface area contributed by atoms with Crippen molar-refractivity contribution in [3.05, 3.63) is 47.1 Å². The summed E-state index contributed by atoms with van der Waals surface area (Å²) < 4.78 is 31.7. The van der Waals surface area contributed by atoms with E-state index in [9.17, 15) is 13.6 Å². The molecule has 1 aliphatic heterocycles. The minimum Gasteiger partial charge on any atom is -0.363 e. The van der Waals surface area contributed by atoms with Crippen molar-refractivity contribution < 1.29 is 18.1 Å². The lowest BCUT2D eigenvalue weighted by Crippen LogP contribution is -2.35. The quantitative estimate of drug-likeness (QED) is 0.864. The predicted octanol–water partition coefficient (Wildman–Crippen LogP) is 2.29. The van der Waals surface area contributed by atoms with Crippen LogP contribution in [0, 0.1) is 17.6 Å². The first-order chi connectivity index (χ1) is 12.0. The number of hydrogen-bond acceptors (Lipinski definition) is 5. The Kier molecular flexibility index (Phi) is 5.37. The highest BCUT2D eigenvalue weighted by atomic mass is 19.1. The van der Waals surface area contributed by atoms with Crippen molar-refractivity contribution in [1.29, 1.82) is 0 Å². The number of rotatable bonds is 6. The molecule has 2 aromatic rings. The minimum absolute atomic E-state index is 0.115. The van der Waals surface area contributed by atoms with Crippen LogP contribution in [0.5, 0.6) is 0 Å². The van der Waals surface area contributed by atoms with Crippen LogP contribution in [0.1, 0.15) is 41.3 Å². The summed E-state index contributed by atoms with van der Waals surface area (Å²) in [6.07, 6.45) is 3.50. The normalized spacial score (nSPS) is 18.4. The molecule has 1 fully saturated rings. The lowest BCUT2D eigenvalue weighted by atomic mass is 9.91. The highest BCUT2D eigenvalue weighted by Crippen LogP contribution is 2.23. The first kappa shape index (κ1) is 17.5. The Morgan fingerprint density at radius 1 is 1.40 bits per heavy atom. The highest BCUT2D eigenvalue weighted by molar-refractivity contribution is 5.88. The predicted molar refractivity (Wildman–Crippen MR) is 85.5 cm³/mol. The van der Waals surface area contributed by atoms with Gasteiger partial charge in [0.1, 0.15) is 11.6 Å². The van der Waals surface area contributed by atoms with Gasteiger partial charge in [0.05, 0.1) is 6.54 Å². The van der Waals surface area contributed by atoms with Crippen molar-refractivity contribution >= 4 is 5.91 Å². The zero-order valence-corrected chi connectivity index (χ0v) is 13.8. The molecular weight excluding hydrogens is 330 g/mol. The van der Waals surface area contributed by atoms with Crippen molar-refractivity contribution in [3.8, 4) is 0 Å². The van der Waals surface area contributed by atoms with Crippen LogP contribution >= 0.6 is 0 Å². The molecule has 1 aromatic heterocycles. The number of hydrogen-bond donors (Lipinski definition) is 1. The van der Waals surface area contributed by atoms with E-state index in [4.69, 9.17) is 10.3 Å². The van der Waals surface area contributed by atoms with Crippen molar-refractivity contribution in [3.63, 3.8) is 0 Å². The number of halogens is 2. The summed E-state index contributed by atoms with van der Waals surface area (Å²) in [6, 6.07) is 3.72. The average Bonchev–Trinajstić information content (AvgIpc) is 3.03. The van der Waals surface area contributed by atoms with Crippen LogP contribution < -0.4 is 5.73 Å². The summed E-state index contributed by atoms with van der Waals surface area (Å²) in [5, 5.41) is 3.53. The van der Waals surface area contributed by atoms with E-state index < -0.39 is 17.5 Å². The molecule has 25 heavy (non-hydrogen) atoms. The zero-order valence-electron chi connectivity index (χ0n) is 13.8. The second-order valence-corrected chi connectivity index (χ2v) is 6.39. The number of aromatic nitrogens is 2. The summed E-state index contributed by atoms with van der Waals surface area (Å²) >= 11 is 0. The largest absolute Gasteiger partial charge is 0.363 e. The second-order valence-electron chi connectivity index (χ2n) is 6.39. The molecule has 0 bridgehead atoms. The third-order valence-corrected chi connectivity index (χ3v) is 4.49. The number of nitrogens with two attached hydrogens (primary N) is 1. The number of aryl methyl sites for hydroxylation is 1. The van der Waals surface area contributed by atoms with Crippen LogP contribution in [0.2, 0.25) is 0 Å². The molecule has 1 saturated heterocycles. The van der Waals surface area contributed by atoms with E-state index in [-0.39, 0.29) is 5.82 Å². The average molecular weight is 350 g/mol. The van der Waals surface area contributed by atoms with Crippen molar-refractivity contribution in [1.82, 2.24) is 15.0 Å². The van der Waals surface area contributed by atoms with Crippen LogP contribution in [-0.4, -0.2) is 34.0 Å². The van der Waals surface area contributed by atoms with Gasteiger partial charge >= 0.3 is 0 Å². The second kappa shape index (κ2) is 7.69. The Labute approximate surface area is 144 Å². The molecule has 1 unspecified atom stereocenters. The van der Waals surface area contributed by atoms with E-state index in [1.807, 2.05) is 0 Å². The van der Waals surface area contributed by atoms with Crippen LogP contribution in [0.15, 0.2) is 22.7 Å². The van der Waals surface area contributed by atoms with Gasteiger partial charge in [-0.25, -0.2) is 8.78 Å². The maximum Gasteiger partial charge on any atom is 0.290 e. The standard InChI is InChI=1S/C17H20F2N4O2/c18-13-6-5-12(14(19)8-13)4-3-11-2-1-7-23(9-11)10-15-21-17(16(20)24)22-25-15/h5-6,8,11H,1-4,7,9-10H2,(H2,20,24). The third-order valence-electron chi connectivity index (χ3n) is 4.49. The molecule has 1 aromatic carbocycles. The Bertz CT molecular complexity index is 750. The number of amides is 1. The molecule has 0 aliphatic carbocycles. The number of nitrogens with zero attached hydrogens (tertiary/aromatic N) is 3. The van der Waals surface area contributed by atoms with Crippen LogP contribution in [0.25, 0.3) is 0 Å². The van der Waals surface area contributed by atoms with Gasteiger partial charge in [-0.3, -0.25) is 9.69 Å². The van der Waals surface area contributed by atoms with Crippen molar-refractivity contribution in [2.75, 3.05) is 13.1 Å². The summed E-state index contributed by atoms with van der Waals surface area (Å²) in [5.41, 5.74) is 5.65. The Balaban J connectivity index is 1.52. The Morgan fingerprint density at radius 3 is 2.96 bits per heavy atom. The maximum atomic E-state index is 13.7. The van der Waals surface area contributed by atoms with Crippen molar-refractivity contribution in [2.24, 2.45) is 11.7 Å². The van der Waals surface area contributed by atoms with E-state index in [0.29, 0.717) is 30.3 Å². The zero-order chi connectivity index (χ0) is 17.8. The molecule has 1 atom stereocenters. The van der Waals surface area contributed by atoms with Gasteiger partial charge in [0, 0.05) is 12.6 Å². The molecule has 2 N–H and O–H groups in total. The number of benzene rings is 1. The van der Waals surface area contributed by atoms with Crippen molar-refractivity contribution in [2.45, 2.75) is 32.2 Å². The van der Waals surface area contributed by atoms with E-state index in [2.05, 4.69) is 15.0 Å². The third kappa shape index (κ3) is 4.60. The number of primary amides is 1. The first-order valence-electron chi connectivity index (χ1n) is 8.30. The molecule has 3 rings (SSSR count). The van der Waals surface area contributed by atoms with Gasteiger partial charge in [0.15, 0.2) is 0 Å². The van der Waals surface area contributed by atoms with E-state index >= 15 is 0 Å². The summed E-state index contributed by atoms with van der Waals surface area (Å²) in [6.45, 7) is 2.19. The smallest absolute Gasteiger partial charge is 0.290 e. The molecule has 134 valence electrons. The Morgan fingerprint density at radius 2 is 2.24 bits per heavy atom. The SMILES string of the molecule is NC(=O)c1noc(CN2CCCC(CCc3ccc(F)cc3F)C2)n1. The Hall–Kier alpha value is -2.35. The van der Waals surface area contributed by atoms with Gasteiger partial charge in [0.2, 0.25) is 5.89 Å². The molecule has 2 heterocycles. The summed E-state index contributed by atoms with van der Waals surface area (Å²) in [7, 11) is 0. The molecule has 0 saturated carbocycles. The lowest BCUT2D eigenvalue weighted by molar-refractivity contribution is 0.0987. The van der Waals surface area contributed by atoms with E-state index in [1.165, 1.54) is 12.1 Å². The van der Waals surface area contributed by atoms with Gasteiger partial charge in [-0.2, -0.15) is 4.98 Å². The molecule has 1 amide bonds. The van der Waals surface area contributed by atoms with E-state index in [0.717, 1.165) is 38.4 Å². The molecular formula is C17H20F2N4O2. The van der Waals surface area contributed by atoms with Crippen LogP contribution in [-0.2, 0) is 13.0 Å². The first-order valence-corrected chi connectivity index (χ1v) is 8.30. The lowest BCUT2D eigenvalue weighted by Gasteiger charge is -2.31. The molecule has 0 radical (unpaired) electrons. The van der Waals surface area contributed by atoms with Gasteiger partial charge in [-0.05, 0) is 49.8 Å². The van der Waals surface area contributed by atoms with Gasteiger partial charge in [-0.1, -0.05) is 11.2 Å². The molecule has 0 spiro atoms. The molecule has 8 heteroatoms. The van der Waals surface area contributed by atoms with Crippen LogP contribution in [0.3, 0.4) is 0 Å². The summed E-state index contributed by atoms with van der Waals surface area (Å²) in [4.78, 5) is 17.1. The molecule has 6 nitrogen and oxygen atoms in total. The highest BCUT2D eigenvalue weighted by Gasteiger charge is 2.22. The fourth-order valence-electron chi connectivity index (χ4n) is 3.23. The van der Waals surface area contributed by atoms with E-state index in [1.54, 1.807) is 0 Å². The monoisotopic (exact) mass is 350 g/mol. The minimum atomic E-state index is -0.715. The number of piperidine rings is 1. The fourth-order valence-corrected chi connectivity index (χ4v) is 3.23. The number of carbonyl (C=O) groups excluding carboxylic acids is 1. The number of likely N-dealkylation sites (tertiary alicyclic amines) is 1. The molecule has 1 aliphatic rings.